The Morgan fingerprint density at radius 1 is 1.47 bits per heavy atom. The van der Waals surface area contributed by atoms with Gasteiger partial charge in [0.25, 0.3) is 0 Å². The molecule has 0 aromatic carbocycles. The highest BCUT2D eigenvalue weighted by Crippen LogP contribution is 2.41. The van der Waals surface area contributed by atoms with Gasteiger partial charge in [-0.25, -0.2) is 0 Å². The minimum absolute atomic E-state index is 0.125. The predicted octanol–water partition coefficient (Wildman–Crippen LogP) is 4.68. The maximum atomic E-state index is 11.7. The van der Waals surface area contributed by atoms with Crippen LogP contribution in [0.5, 0.6) is 0 Å². The molecule has 0 aromatic heterocycles. The second-order valence-electron chi connectivity index (χ2n) is 5.91. The van der Waals surface area contributed by atoms with E-state index < -0.39 is 0 Å². The van der Waals surface area contributed by atoms with Crippen molar-refractivity contribution in [1.29, 1.82) is 0 Å². The van der Waals surface area contributed by atoms with Gasteiger partial charge in [-0.3, -0.25) is 4.79 Å². The third-order valence-electron chi connectivity index (χ3n) is 4.28. The topological polar surface area (TPSA) is 17.1 Å². The van der Waals surface area contributed by atoms with Gasteiger partial charge in [0.05, 0.1) is 0 Å². The van der Waals surface area contributed by atoms with Crippen molar-refractivity contribution in [2.24, 2.45) is 11.3 Å². The van der Waals surface area contributed by atoms with Crippen molar-refractivity contribution in [1.82, 2.24) is 0 Å². The summed E-state index contributed by atoms with van der Waals surface area (Å²) in [5, 5.41) is 0. The fraction of sp³-hybridized carbons (Fsp3) is 0.688. The number of carbonyl (C=O) groups excluding carboxylic acids is 1. The molecule has 1 aliphatic carbocycles. The largest absolute Gasteiger partial charge is 0.299 e. The molecule has 0 N–H and O–H groups in total. The number of Topliss-reactive ketones (excluding diaryl/α,β-unsaturated/α-hetero) is 1. The molecule has 2 atom stereocenters. The molecule has 0 radical (unpaired) electrons. The summed E-state index contributed by atoms with van der Waals surface area (Å²) in [6, 6.07) is 0. The highest BCUT2D eigenvalue weighted by Gasteiger charge is 2.37. The summed E-state index contributed by atoms with van der Waals surface area (Å²) >= 11 is 0. The minimum atomic E-state index is -0.125. The average molecular weight is 234 g/mol. The molecular formula is C16H26O. The lowest BCUT2D eigenvalue weighted by Crippen LogP contribution is -2.34. The van der Waals surface area contributed by atoms with Crippen LogP contribution in [-0.4, -0.2) is 5.78 Å². The van der Waals surface area contributed by atoms with Crippen molar-refractivity contribution >= 4 is 5.78 Å². The monoisotopic (exact) mass is 234 g/mol. The van der Waals surface area contributed by atoms with Crippen LogP contribution in [0.2, 0.25) is 0 Å². The molecule has 0 aliphatic heterocycles. The van der Waals surface area contributed by atoms with Crippen molar-refractivity contribution in [3.8, 4) is 0 Å². The Hall–Kier alpha value is -0.850. The summed E-state index contributed by atoms with van der Waals surface area (Å²) in [5.41, 5.74) is 2.80. The van der Waals surface area contributed by atoms with Crippen LogP contribution in [0.15, 0.2) is 23.3 Å². The second kappa shape index (κ2) is 5.66. The van der Waals surface area contributed by atoms with Gasteiger partial charge >= 0.3 is 0 Å². The Balaban J connectivity index is 2.63. The van der Waals surface area contributed by atoms with E-state index in [1.54, 1.807) is 6.92 Å². The zero-order valence-corrected chi connectivity index (χ0v) is 12.0. The molecular weight excluding hydrogens is 208 g/mol. The van der Waals surface area contributed by atoms with Gasteiger partial charge in [0.1, 0.15) is 5.78 Å². The molecule has 0 bridgehead atoms. The number of hydrogen-bond acceptors (Lipinski definition) is 1. The lowest BCUT2D eigenvalue weighted by atomic mass is 9.67. The quantitative estimate of drug-likeness (QED) is 0.645. The first kappa shape index (κ1) is 14.2. The Morgan fingerprint density at radius 2 is 2.12 bits per heavy atom. The van der Waals surface area contributed by atoms with Crippen LogP contribution in [-0.2, 0) is 4.79 Å². The second-order valence-corrected chi connectivity index (χ2v) is 5.91. The van der Waals surface area contributed by atoms with Gasteiger partial charge in [0.2, 0.25) is 0 Å². The number of rotatable bonds is 4. The summed E-state index contributed by atoms with van der Waals surface area (Å²) < 4.78 is 0. The maximum Gasteiger partial charge on any atom is 0.136 e. The first-order valence-electron chi connectivity index (χ1n) is 6.70. The molecule has 0 saturated carbocycles. The van der Waals surface area contributed by atoms with E-state index in [9.17, 15) is 4.79 Å². The molecule has 1 heteroatoms. The molecule has 0 heterocycles. The summed E-state index contributed by atoms with van der Waals surface area (Å²) in [7, 11) is 0. The third-order valence-corrected chi connectivity index (χ3v) is 4.28. The Bertz CT molecular complexity index is 345. The van der Waals surface area contributed by atoms with Crippen LogP contribution in [0, 0.1) is 11.3 Å². The zero-order chi connectivity index (χ0) is 13.1. The molecule has 1 aliphatic rings. The lowest BCUT2D eigenvalue weighted by molar-refractivity contribution is -0.128. The molecule has 0 spiro atoms. The average Bonchev–Trinajstić information content (AvgIpc) is 2.22. The fourth-order valence-electron chi connectivity index (χ4n) is 2.52. The van der Waals surface area contributed by atoms with Crippen LogP contribution >= 0.6 is 0 Å². The first-order chi connectivity index (χ1) is 7.86. The van der Waals surface area contributed by atoms with Gasteiger partial charge in [-0.1, -0.05) is 37.1 Å². The van der Waals surface area contributed by atoms with E-state index in [2.05, 4.69) is 39.8 Å². The van der Waals surface area contributed by atoms with Gasteiger partial charge in [-0.2, -0.15) is 0 Å². The van der Waals surface area contributed by atoms with Crippen LogP contribution < -0.4 is 0 Å². The van der Waals surface area contributed by atoms with Gasteiger partial charge in [0, 0.05) is 5.41 Å². The van der Waals surface area contributed by atoms with Gasteiger partial charge < -0.3 is 0 Å². The van der Waals surface area contributed by atoms with E-state index >= 15 is 0 Å². The molecule has 1 nitrogen and oxygen atoms in total. The van der Waals surface area contributed by atoms with Gasteiger partial charge in [-0.05, 0) is 52.4 Å². The zero-order valence-electron chi connectivity index (χ0n) is 12.0. The van der Waals surface area contributed by atoms with E-state index in [-0.39, 0.29) is 5.41 Å². The van der Waals surface area contributed by atoms with Crippen molar-refractivity contribution in [3.63, 3.8) is 0 Å². The molecule has 0 amide bonds. The molecule has 0 aromatic rings. The molecule has 96 valence electrons. The Morgan fingerprint density at radius 3 is 2.59 bits per heavy atom. The van der Waals surface area contributed by atoms with Crippen LogP contribution in [0.4, 0.5) is 0 Å². The molecule has 17 heavy (non-hydrogen) atoms. The number of carbonyl (C=O) groups is 1. The molecule has 1 unspecified atom stereocenters. The standard InChI is InChI=1S/C16H26O/c1-12(2)7-6-8-15-9-10-16(5,14(4)17)13(3)11-15/h7,11,13H,6,8-10H2,1-5H3/t13?,16-/m0/s1. The fourth-order valence-corrected chi connectivity index (χ4v) is 2.52. The smallest absolute Gasteiger partial charge is 0.136 e. The summed E-state index contributed by atoms with van der Waals surface area (Å²) in [4.78, 5) is 11.7. The maximum absolute atomic E-state index is 11.7. The van der Waals surface area contributed by atoms with Gasteiger partial charge in [-0.15, -0.1) is 0 Å². The number of ketones is 1. The molecule has 1 rings (SSSR count). The van der Waals surface area contributed by atoms with Gasteiger partial charge in [0.15, 0.2) is 0 Å². The van der Waals surface area contributed by atoms with E-state index in [0.717, 1.165) is 25.7 Å². The highest BCUT2D eigenvalue weighted by atomic mass is 16.1. The van der Waals surface area contributed by atoms with Crippen molar-refractivity contribution in [2.75, 3.05) is 0 Å². The third kappa shape index (κ3) is 3.55. The number of allylic oxidation sites excluding steroid dienone is 4. The summed E-state index contributed by atoms with van der Waals surface area (Å²) in [6.07, 6.45) is 9.04. The van der Waals surface area contributed by atoms with Crippen LogP contribution in [0.25, 0.3) is 0 Å². The number of hydrogen-bond donors (Lipinski definition) is 0. The van der Waals surface area contributed by atoms with E-state index in [1.165, 1.54) is 11.1 Å². The SMILES string of the molecule is CC(=O)[C@@]1(C)CCC(CCC=C(C)C)=CC1C. The Labute approximate surface area is 106 Å². The highest BCUT2D eigenvalue weighted by molar-refractivity contribution is 5.82. The van der Waals surface area contributed by atoms with Crippen molar-refractivity contribution in [2.45, 2.75) is 60.3 Å². The molecule has 0 saturated heterocycles. The van der Waals surface area contributed by atoms with E-state index in [4.69, 9.17) is 0 Å². The predicted molar refractivity (Wildman–Crippen MR) is 73.9 cm³/mol. The summed E-state index contributed by atoms with van der Waals surface area (Å²) in [5.74, 6) is 0.722. The van der Waals surface area contributed by atoms with Crippen molar-refractivity contribution in [3.05, 3.63) is 23.3 Å². The minimum Gasteiger partial charge on any atom is -0.299 e. The first-order valence-corrected chi connectivity index (χ1v) is 6.70. The van der Waals surface area contributed by atoms with E-state index in [1.807, 2.05) is 0 Å². The Kier molecular flexibility index (Phi) is 4.73. The van der Waals surface area contributed by atoms with E-state index in [0.29, 0.717) is 11.7 Å². The lowest BCUT2D eigenvalue weighted by Gasteiger charge is -2.36. The van der Waals surface area contributed by atoms with Crippen LogP contribution in [0.1, 0.15) is 60.3 Å². The van der Waals surface area contributed by atoms with Crippen LogP contribution in [0.3, 0.4) is 0 Å². The van der Waals surface area contributed by atoms with Crippen molar-refractivity contribution < 1.29 is 4.79 Å². The normalized spacial score (nSPS) is 28.5. The summed E-state index contributed by atoms with van der Waals surface area (Å²) in [6.45, 7) is 10.3. The molecule has 0 fully saturated rings.